The highest BCUT2D eigenvalue weighted by atomic mass is 32.2. The van der Waals surface area contributed by atoms with Crippen LogP contribution in [-0.2, 0) is 4.79 Å². The van der Waals surface area contributed by atoms with Crippen molar-refractivity contribution in [1.82, 2.24) is 9.97 Å². The second-order valence-electron chi connectivity index (χ2n) is 2.96. The molecule has 2 rings (SSSR count). The molecule has 0 saturated heterocycles. The van der Waals surface area contributed by atoms with Crippen LogP contribution in [0.5, 0.6) is 0 Å². The lowest BCUT2D eigenvalue weighted by Crippen LogP contribution is -2.13. The molecule has 0 aliphatic heterocycles. The van der Waals surface area contributed by atoms with Gasteiger partial charge < -0.3 is 10.2 Å². The van der Waals surface area contributed by atoms with Gasteiger partial charge in [0.2, 0.25) is 5.91 Å². The van der Waals surface area contributed by atoms with Crippen molar-refractivity contribution in [2.75, 3.05) is 5.75 Å². The van der Waals surface area contributed by atoms with E-state index in [0.29, 0.717) is 16.6 Å². The molecule has 1 amide bonds. The van der Waals surface area contributed by atoms with Crippen LogP contribution in [-0.4, -0.2) is 21.6 Å². The molecule has 0 aliphatic carbocycles. The van der Waals surface area contributed by atoms with Crippen molar-refractivity contribution in [3.8, 4) is 11.5 Å². The summed E-state index contributed by atoms with van der Waals surface area (Å²) in [5, 5.41) is 0.507. The van der Waals surface area contributed by atoms with Crippen molar-refractivity contribution >= 4 is 17.7 Å². The topological polar surface area (TPSA) is 82.0 Å². The van der Waals surface area contributed by atoms with Gasteiger partial charge in [0.15, 0.2) is 10.9 Å². The quantitative estimate of drug-likeness (QED) is 0.638. The zero-order valence-corrected chi connectivity index (χ0v) is 9.11. The molecule has 0 saturated carbocycles. The summed E-state index contributed by atoms with van der Waals surface area (Å²) in [5.74, 6) is 0.446. The maximum absolute atomic E-state index is 10.6. The van der Waals surface area contributed by atoms with Gasteiger partial charge in [-0.1, -0.05) is 11.8 Å². The molecule has 0 bridgehead atoms. The smallest absolute Gasteiger partial charge is 0.227 e. The summed E-state index contributed by atoms with van der Waals surface area (Å²) in [6, 6.07) is 5.34. The van der Waals surface area contributed by atoms with Crippen LogP contribution in [0, 0.1) is 0 Å². The fourth-order valence-corrected chi connectivity index (χ4v) is 1.68. The van der Waals surface area contributed by atoms with Gasteiger partial charge in [-0.05, 0) is 18.2 Å². The average Bonchev–Trinajstić information content (AvgIpc) is 2.80. The number of rotatable bonds is 4. The fourth-order valence-electron chi connectivity index (χ4n) is 1.11. The van der Waals surface area contributed by atoms with E-state index in [9.17, 15) is 4.79 Å². The molecular formula is C10H9N3O2S. The second kappa shape index (κ2) is 4.80. The molecule has 0 spiro atoms. The van der Waals surface area contributed by atoms with Crippen LogP contribution in [0.1, 0.15) is 0 Å². The molecule has 2 N–H and O–H groups in total. The van der Waals surface area contributed by atoms with Gasteiger partial charge >= 0.3 is 0 Å². The molecule has 2 heterocycles. The Morgan fingerprint density at radius 2 is 2.38 bits per heavy atom. The first-order valence-electron chi connectivity index (χ1n) is 4.54. The molecule has 0 atom stereocenters. The highest BCUT2D eigenvalue weighted by molar-refractivity contribution is 7.99. The monoisotopic (exact) mass is 235 g/mol. The average molecular weight is 235 g/mol. The highest BCUT2D eigenvalue weighted by Gasteiger charge is 2.05. The van der Waals surface area contributed by atoms with Crippen LogP contribution in [0.3, 0.4) is 0 Å². The van der Waals surface area contributed by atoms with Crippen LogP contribution < -0.4 is 5.73 Å². The van der Waals surface area contributed by atoms with E-state index in [0.717, 1.165) is 0 Å². The standard InChI is InChI=1S/C10H9N3O2S/c11-9(14)6-16-10-12-4-3-7(13-10)8-2-1-5-15-8/h1-5H,6H2,(H2,11,14). The van der Waals surface area contributed by atoms with Crippen molar-refractivity contribution in [2.24, 2.45) is 5.73 Å². The molecular weight excluding hydrogens is 226 g/mol. The lowest BCUT2D eigenvalue weighted by Gasteiger charge is -1.99. The maximum Gasteiger partial charge on any atom is 0.227 e. The van der Waals surface area contributed by atoms with Crippen molar-refractivity contribution < 1.29 is 9.21 Å². The number of aromatic nitrogens is 2. The number of nitrogens with two attached hydrogens (primary N) is 1. The third-order valence-electron chi connectivity index (χ3n) is 1.75. The van der Waals surface area contributed by atoms with Gasteiger partial charge in [0.1, 0.15) is 5.69 Å². The van der Waals surface area contributed by atoms with Crippen molar-refractivity contribution in [3.05, 3.63) is 30.7 Å². The molecule has 2 aromatic rings. The molecule has 5 nitrogen and oxygen atoms in total. The Hall–Kier alpha value is -1.82. The summed E-state index contributed by atoms with van der Waals surface area (Å²) in [6.45, 7) is 0. The first kappa shape index (κ1) is 10.7. The van der Waals surface area contributed by atoms with E-state index >= 15 is 0 Å². The zero-order chi connectivity index (χ0) is 11.4. The molecule has 16 heavy (non-hydrogen) atoms. The minimum absolute atomic E-state index is 0.168. The van der Waals surface area contributed by atoms with Gasteiger partial charge in [-0.25, -0.2) is 9.97 Å². The molecule has 0 fully saturated rings. The van der Waals surface area contributed by atoms with Gasteiger partial charge in [0.05, 0.1) is 12.0 Å². The van der Waals surface area contributed by atoms with E-state index < -0.39 is 5.91 Å². The van der Waals surface area contributed by atoms with Crippen molar-refractivity contribution in [3.63, 3.8) is 0 Å². The molecule has 0 unspecified atom stereocenters. The minimum atomic E-state index is -0.392. The molecule has 0 radical (unpaired) electrons. The van der Waals surface area contributed by atoms with Gasteiger partial charge in [0.25, 0.3) is 0 Å². The number of thioether (sulfide) groups is 1. The number of hydrogen-bond donors (Lipinski definition) is 1. The molecule has 0 aromatic carbocycles. The summed E-state index contributed by atoms with van der Waals surface area (Å²) in [5.41, 5.74) is 5.73. The van der Waals surface area contributed by atoms with Gasteiger partial charge in [0, 0.05) is 6.20 Å². The first-order chi connectivity index (χ1) is 7.75. The fraction of sp³-hybridized carbons (Fsp3) is 0.100. The summed E-state index contributed by atoms with van der Waals surface area (Å²) in [7, 11) is 0. The van der Waals surface area contributed by atoms with Crippen LogP contribution in [0.2, 0.25) is 0 Å². The Bertz CT molecular complexity index is 485. The predicted molar refractivity (Wildman–Crippen MR) is 59.7 cm³/mol. The summed E-state index contributed by atoms with van der Waals surface area (Å²) in [4.78, 5) is 18.9. The lowest BCUT2D eigenvalue weighted by atomic mass is 10.3. The molecule has 2 aromatic heterocycles. The van der Waals surface area contributed by atoms with Gasteiger partial charge in [-0.3, -0.25) is 4.79 Å². The zero-order valence-electron chi connectivity index (χ0n) is 8.29. The largest absolute Gasteiger partial charge is 0.463 e. The summed E-state index contributed by atoms with van der Waals surface area (Å²) in [6.07, 6.45) is 3.20. The van der Waals surface area contributed by atoms with Crippen LogP contribution in [0.4, 0.5) is 0 Å². The Labute approximate surface area is 96.1 Å². The Morgan fingerprint density at radius 1 is 1.50 bits per heavy atom. The van der Waals surface area contributed by atoms with Crippen LogP contribution >= 0.6 is 11.8 Å². The number of carbonyl (C=O) groups excluding carboxylic acids is 1. The van der Waals surface area contributed by atoms with E-state index in [1.54, 1.807) is 24.6 Å². The number of primary amides is 1. The van der Waals surface area contributed by atoms with Gasteiger partial charge in [-0.2, -0.15) is 0 Å². The lowest BCUT2D eigenvalue weighted by molar-refractivity contribution is -0.115. The number of furan rings is 1. The third kappa shape index (κ3) is 2.60. The Balaban J connectivity index is 2.17. The molecule has 6 heteroatoms. The van der Waals surface area contributed by atoms with Crippen molar-refractivity contribution in [1.29, 1.82) is 0 Å². The highest BCUT2D eigenvalue weighted by Crippen LogP contribution is 2.19. The number of nitrogens with zero attached hydrogens (tertiary/aromatic N) is 2. The summed E-state index contributed by atoms with van der Waals surface area (Å²) < 4.78 is 5.21. The molecule has 82 valence electrons. The predicted octanol–water partition coefficient (Wildman–Crippen LogP) is 1.31. The van der Waals surface area contributed by atoms with Crippen LogP contribution in [0.15, 0.2) is 40.2 Å². The normalized spacial score (nSPS) is 10.2. The number of carbonyl (C=O) groups is 1. The van der Waals surface area contributed by atoms with E-state index in [4.69, 9.17) is 10.2 Å². The van der Waals surface area contributed by atoms with E-state index in [1.807, 2.05) is 6.07 Å². The first-order valence-corrected chi connectivity index (χ1v) is 5.52. The van der Waals surface area contributed by atoms with E-state index in [2.05, 4.69) is 9.97 Å². The number of amides is 1. The van der Waals surface area contributed by atoms with Gasteiger partial charge in [-0.15, -0.1) is 0 Å². The minimum Gasteiger partial charge on any atom is -0.463 e. The van der Waals surface area contributed by atoms with E-state index in [-0.39, 0.29) is 5.75 Å². The van der Waals surface area contributed by atoms with Crippen LogP contribution in [0.25, 0.3) is 11.5 Å². The second-order valence-corrected chi connectivity index (χ2v) is 3.90. The number of hydrogen-bond acceptors (Lipinski definition) is 5. The Morgan fingerprint density at radius 3 is 3.06 bits per heavy atom. The molecule has 0 aliphatic rings. The summed E-state index contributed by atoms with van der Waals surface area (Å²) >= 11 is 1.20. The third-order valence-corrected chi connectivity index (χ3v) is 2.63. The maximum atomic E-state index is 10.6. The van der Waals surface area contributed by atoms with Crippen molar-refractivity contribution in [2.45, 2.75) is 5.16 Å². The van der Waals surface area contributed by atoms with E-state index in [1.165, 1.54) is 11.8 Å². The Kier molecular flexibility index (Phi) is 3.21. The SMILES string of the molecule is NC(=O)CSc1nccc(-c2ccco2)n1.